The molecule has 4 nitrogen and oxygen atoms in total. The van der Waals surface area contributed by atoms with Crippen LogP contribution in [0.5, 0.6) is 0 Å². The minimum atomic E-state index is 0.0205. The van der Waals surface area contributed by atoms with Crippen molar-refractivity contribution in [3.05, 3.63) is 58.4 Å². The molecule has 3 heterocycles. The van der Waals surface area contributed by atoms with Crippen molar-refractivity contribution in [2.75, 3.05) is 0 Å². The van der Waals surface area contributed by atoms with E-state index in [1.807, 2.05) is 57.4 Å². The Balaban J connectivity index is 1.68. The summed E-state index contributed by atoms with van der Waals surface area (Å²) >= 11 is 1.45. The summed E-state index contributed by atoms with van der Waals surface area (Å²) in [5.74, 6) is 0.151. The highest BCUT2D eigenvalue weighted by atomic mass is 32.1. The molecular weight excluding hydrogens is 356 g/mol. The second-order valence-corrected chi connectivity index (χ2v) is 8.37. The molecule has 27 heavy (non-hydrogen) atoms. The van der Waals surface area contributed by atoms with Crippen LogP contribution in [-0.4, -0.2) is 33.2 Å². The quantitative estimate of drug-likeness (QED) is 0.615. The Bertz CT molecular complexity index is 964. The number of piperidine rings is 1. The summed E-state index contributed by atoms with van der Waals surface area (Å²) < 4.78 is 1.94. The van der Waals surface area contributed by atoms with Crippen LogP contribution in [0, 0.1) is 0 Å². The molecule has 0 aliphatic carbocycles. The van der Waals surface area contributed by atoms with Crippen LogP contribution in [-0.2, 0) is 11.3 Å². The number of para-hydroxylation sites is 1. The van der Waals surface area contributed by atoms with Crippen LogP contribution in [0.2, 0.25) is 0 Å². The zero-order valence-corrected chi connectivity index (χ0v) is 16.5. The van der Waals surface area contributed by atoms with Gasteiger partial charge in [-0.1, -0.05) is 24.3 Å². The van der Waals surface area contributed by atoms with E-state index in [4.69, 9.17) is 0 Å². The van der Waals surface area contributed by atoms with E-state index in [1.54, 1.807) is 0 Å². The molecule has 3 aromatic rings. The third-order valence-electron chi connectivity index (χ3n) is 5.57. The van der Waals surface area contributed by atoms with Gasteiger partial charge in [0.1, 0.15) is 6.54 Å². The number of rotatable bonds is 4. The van der Waals surface area contributed by atoms with Crippen molar-refractivity contribution in [3.8, 4) is 0 Å². The van der Waals surface area contributed by atoms with Crippen molar-refractivity contribution in [3.63, 3.8) is 0 Å². The van der Waals surface area contributed by atoms with E-state index in [-0.39, 0.29) is 30.3 Å². The van der Waals surface area contributed by atoms with E-state index >= 15 is 0 Å². The zero-order chi connectivity index (χ0) is 19.0. The largest absolute Gasteiger partial charge is 0.337 e. The molecule has 4 rings (SSSR count). The van der Waals surface area contributed by atoms with Gasteiger partial charge in [-0.15, -0.1) is 11.3 Å². The Morgan fingerprint density at radius 1 is 1.07 bits per heavy atom. The normalized spacial score (nSPS) is 20.1. The zero-order valence-electron chi connectivity index (χ0n) is 15.7. The van der Waals surface area contributed by atoms with Crippen molar-refractivity contribution < 1.29 is 9.59 Å². The van der Waals surface area contributed by atoms with E-state index in [2.05, 4.69) is 13.8 Å². The molecule has 2 aromatic heterocycles. The van der Waals surface area contributed by atoms with Gasteiger partial charge in [0.15, 0.2) is 0 Å². The van der Waals surface area contributed by atoms with Crippen molar-refractivity contribution >= 4 is 33.9 Å². The van der Waals surface area contributed by atoms with Crippen LogP contribution in [0.3, 0.4) is 0 Å². The number of nitrogens with zero attached hydrogens (tertiary/aromatic N) is 2. The lowest BCUT2D eigenvalue weighted by atomic mass is 9.97. The van der Waals surface area contributed by atoms with Crippen molar-refractivity contribution in [1.82, 2.24) is 9.47 Å². The first-order valence-corrected chi connectivity index (χ1v) is 10.4. The lowest BCUT2D eigenvalue weighted by Crippen LogP contribution is -2.48. The fraction of sp³-hybridized carbons (Fsp3) is 0.364. The second-order valence-electron chi connectivity index (χ2n) is 7.42. The monoisotopic (exact) mass is 380 g/mol. The molecule has 1 fully saturated rings. The molecule has 5 heteroatoms. The maximum Gasteiger partial charge on any atom is 0.242 e. The molecule has 0 saturated carbocycles. The molecule has 0 spiro atoms. The smallest absolute Gasteiger partial charge is 0.242 e. The molecule has 0 bridgehead atoms. The number of carbonyl (C=O) groups excluding carboxylic acids is 2. The van der Waals surface area contributed by atoms with E-state index in [0.29, 0.717) is 5.56 Å². The van der Waals surface area contributed by atoms with Crippen LogP contribution in [0.1, 0.15) is 48.3 Å². The van der Waals surface area contributed by atoms with Crippen LogP contribution < -0.4 is 0 Å². The minimum absolute atomic E-state index is 0.0205. The number of ketones is 1. The SMILES string of the molecule is CC1CCCC(C)N1C(=O)Cn1cc(C(=O)c2cccs2)c2ccccc21. The summed E-state index contributed by atoms with van der Waals surface area (Å²) in [6, 6.07) is 12.1. The van der Waals surface area contributed by atoms with Gasteiger partial charge in [0, 0.05) is 34.7 Å². The molecule has 1 amide bonds. The van der Waals surface area contributed by atoms with Crippen LogP contribution in [0.4, 0.5) is 0 Å². The highest BCUT2D eigenvalue weighted by Gasteiger charge is 2.29. The fourth-order valence-electron chi connectivity index (χ4n) is 4.24. The van der Waals surface area contributed by atoms with E-state index in [9.17, 15) is 9.59 Å². The van der Waals surface area contributed by atoms with Gasteiger partial charge < -0.3 is 9.47 Å². The summed E-state index contributed by atoms with van der Waals surface area (Å²) in [5.41, 5.74) is 1.60. The number of likely N-dealkylation sites (tertiary alicyclic amines) is 1. The Morgan fingerprint density at radius 2 is 1.81 bits per heavy atom. The first-order chi connectivity index (χ1) is 13.1. The van der Waals surface area contributed by atoms with Gasteiger partial charge in [-0.25, -0.2) is 0 Å². The maximum atomic E-state index is 13.1. The van der Waals surface area contributed by atoms with Gasteiger partial charge in [-0.05, 0) is 50.6 Å². The number of aromatic nitrogens is 1. The molecule has 2 atom stereocenters. The highest BCUT2D eigenvalue weighted by Crippen LogP contribution is 2.27. The Hall–Kier alpha value is -2.40. The average Bonchev–Trinajstić information content (AvgIpc) is 3.30. The maximum absolute atomic E-state index is 13.1. The molecule has 0 radical (unpaired) electrons. The second kappa shape index (κ2) is 7.31. The molecule has 1 saturated heterocycles. The molecule has 140 valence electrons. The Labute approximate surface area is 163 Å². The number of thiophene rings is 1. The number of carbonyl (C=O) groups is 2. The summed E-state index contributed by atoms with van der Waals surface area (Å²) in [6.07, 6.45) is 5.15. The number of fused-ring (bicyclic) bond motifs is 1. The first kappa shape index (κ1) is 18.0. The Kier molecular flexibility index (Phi) is 4.87. The topological polar surface area (TPSA) is 42.3 Å². The number of hydrogen-bond acceptors (Lipinski definition) is 3. The van der Waals surface area contributed by atoms with E-state index in [1.165, 1.54) is 17.8 Å². The van der Waals surface area contributed by atoms with Crippen molar-refractivity contribution in [2.45, 2.75) is 51.7 Å². The first-order valence-electron chi connectivity index (χ1n) is 9.53. The fourth-order valence-corrected chi connectivity index (χ4v) is 4.92. The third-order valence-corrected chi connectivity index (χ3v) is 6.43. The van der Waals surface area contributed by atoms with Gasteiger partial charge in [0.2, 0.25) is 11.7 Å². The predicted molar refractivity (Wildman–Crippen MR) is 109 cm³/mol. The van der Waals surface area contributed by atoms with Gasteiger partial charge in [0.25, 0.3) is 0 Å². The highest BCUT2D eigenvalue weighted by molar-refractivity contribution is 7.12. The van der Waals surface area contributed by atoms with E-state index < -0.39 is 0 Å². The van der Waals surface area contributed by atoms with Crippen LogP contribution in [0.15, 0.2) is 48.0 Å². The molecule has 2 unspecified atom stereocenters. The van der Waals surface area contributed by atoms with Crippen molar-refractivity contribution in [2.24, 2.45) is 0 Å². The van der Waals surface area contributed by atoms with E-state index in [0.717, 1.165) is 28.6 Å². The summed E-state index contributed by atoms with van der Waals surface area (Å²) in [4.78, 5) is 28.7. The lowest BCUT2D eigenvalue weighted by molar-refractivity contribution is -0.137. The van der Waals surface area contributed by atoms with Gasteiger partial charge in [0.05, 0.1) is 4.88 Å². The molecular formula is C22H24N2O2S. The van der Waals surface area contributed by atoms with Crippen molar-refractivity contribution in [1.29, 1.82) is 0 Å². The predicted octanol–water partition coefficient (Wildman–Crippen LogP) is 4.72. The van der Waals surface area contributed by atoms with Gasteiger partial charge in [-0.2, -0.15) is 0 Å². The minimum Gasteiger partial charge on any atom is -0.337 e. The molecule has 1 aliphatic heterocycles. The van der Waals surface area contributed by atoms with Gasteiger partial charge >= 0.3 is 0 Å². The standard InChI is InChI=1S/C22H24N2O2S/c1-15-7-5-8-16(2)24(15)21(25)14-23-13-18(17-9-3-4-10-19(17)23)22(26)20-11-6-12-27-20/h3-4,6,9-13,15-16H,5,7-8,14H2,1-2H3. The summed E-state index contributed by atoms with van der Waals surface area (Å²) in [7, 11) is 0. The third kappa shape index (κ3) is 3.32. The number of amides is 1. The number of benzene rings is 1. The van der Waals surface area contributed by atoms with Crippen LogP contribution in [0.25, 0.3) is 10.9 Å². The molecule has 0 N–H and O–H groups in total. The van der Waals surface area contributed by atoms with Crippen LogP contribution >= 0.6 is 11.3 Å². The summed E-state index contributed by atoms with van der Waals surface area (Å²) in [5, 5.41) is 2.82. The molecule has 1 aliphatic rings. The average molecular weight is 381 g/mol. The Morgan fingerprint density at radius 3 is 2.52 bits per heavy atom. The summed E-state index contributed by atoms with van der Waals surface area (Å²) in [6.45, 7) is 4.53. The lowest BCUT2D eigenvalue weighted by Gasteiger charge is -2.39. The van der Waals surface area contributed by atoms with Gasteiger partial charge in [-0.3, -0.25) is 9.59 Å². The number of hydrogen-bond donors (Lipinski definition) is 0. The molecule has 1 aromatic carbocycles.